The predicted molar refractivity (Wildman–Crippen MR) is 53.9 cm³/mol. The molecular weight excluding hydrogens is 198 g/mol. The van der Waals surface area contributed by atoms with E-state index in [4.69, 9.17) is 15.1 Å². The third-order valence-electron chi connectivity index (χ3n) is 1.06. The van der Waals surface area contributed by atoms with Crippen molar-refractivity contribution in [1.29, 1.82) is 5.26 Å². The van der Waals surface area contributed by atoms with Crippen molar-refractivity contribution in [2.75, 3.05) is 6.61 Å². The summed E-state index contributed by atoms with van der Waals surface area (Å²) >= 11 is 0. The average molecular weight is 213 g/mol. The minimum Gasteiger partial charge on any atom is -0.478 e. The van der Waals surface area contributed by atoms with Gasteiger partial charge in [0.2, 0.25) is 0 Å². The summed E-state index contributed by atoms with van der Waals surface area (Å²) in [6, 6.07) is 1.54. The van der Waals surface area contributed by atoms with Gasteiger partial charge in [0.05, 0.1) is 12.7 Å². The van der Waals surface area contributed by atoms with Crippen molar-refractivity contribution in [2.45, 2.75) is 26.7 Å². The second-order valence-electron chi connectivity index (χ2n) is 2.37. The van der Waals surface area contributed by atoms with Gasteiger partial charge in [0, 0.05) is 18.6 Å². The molecule has 5 heteroatoms. The van der Waals surface area contributed by atoms with E-state index in [-0.39, 0.29) is 5.97 Å². The lowest BCUT2D eigenvalue weighted by molar-refractivity contribution is -0.143. The molecular formula is C10H15NO4. The highest BCUT2D eigenvalue weighted by Crippen LogP contribution is 1.85. The lowest BCUT2D eigenvalue weighted by Crippen LogP contribution is -2.02. The number of carbonyl (C=O) groups excluding carboxylic acids is 1. The molecule has 0 aromatic heterocycles. The number of carboxylic acid groups (broad SMARTS) is 1. The van der Waals surface area contributed by atoms with Gasteiger partial charge in [-0.1, -0.05) is 13.8 Å². The number of rotatable bonds is 4. The van der Waals surface area contributed by atoms with Crippen molar-refractivity contribution in [3.8, 4) is 6.07 Å². The van der Waals surface area contributed by atoms with E-state index in [1.807, 2.05) is 6.92 Å². The summed E-state index contributed by atoms with van der Waals surface area (Å²) < 4.78 is 4.70. The quantitative estimate of drug-likeness (QED) is 0.434. The second-order valence-corrected chi connectivity index (χ2v) is 2.37. The molecule has 0 aromatic carbocycles. The van der Waals surface area contributed by atoms with E-state index in [2.05, 4.69) is 0 Å². The van der Waals surface area contributed by atoms with Gasteiger partial charge >= 0.3 is 11.9 Å². The fourth-order valence-corrected chi connectivity index (χ4v) is 0.427. The standard InChI is InChI=1S/C6H12O2.C4H3NO2/c1-3-5-8-6(7)4-2;5-3-1-2-4(6)7/h3-5H2,1-2H3;1-2H,(H,6,7). The van der Waals surface area contributed by atoms with Gasteiger partial charge in [-0.2, -0.15) is 5.26 Å². The zero-order valence-corrected chi connectivity index (χ0v) is 8.90. The minimum absolute atomic E-state index is 0.105. The molecule has 0 atom stereocenters. The summed E-state index contributed by atoms with van der Waals surface area (Å²) in [6.07, 6.45) is 3.08. The molecule has 84 valence electrons. The summed E-state index contributed by atoms with van der Waals surface area (Å²) in [5, 5.41) is 15.5. The fourth-order valence-electron chi connectivity index (χ4n) is 0.427. The number of esters is 1. The van der Waals surface area contributed by atoms with Crippen molar-refractivity contribution in [3.05, 3.63) is 12.2 Å². The van der Waals surface area contributed by atoms with Crippen molar-refractivity contribution in [2.24, 2.45) is 0 Å². The number of aliphatic carboxylic acids is 1. The highest BCUT2D eigenvalue weighted by molar-refractivity contribution is 5.80. The fraction of sp³-hybridized carbons (Fsp3) is 0.500. The van der Waals surface area contributed by atoms with Gasteiger partial charge in [-0.15, -0.1) is 0 Å². The van der Waals surface area contributed by atoms with Crippen LogP contribution < -0.4 is 0 Å². The number of allylic oxidation sites excluding steroid dienone is 1. The molecule has 0 heterocycles. The number of carbonyl (C=O) groups is 2. The van der Waals surface area contributed by atoms with Crippen molar-refractivity contribution >= 4 is 11.9 Å². The molecule has 5 nitrogen and oxygen atoms in total. The van der Waals surface area contributed by atoms with Crippen molar-refractivity contribution in [3.63, 3.8) is 0 Å². The van der Waals surface area contributed by atoms with Gasteiger partial charge in [0.25, 0.3) is 0 Å². The first-order valence-corrected chi connectivity index (χ1v) is 4.53. The molecule has 0 saturated carbocycles. The Bertz CT molecular complexity index is 253. The highest BCUT2D eigenvalue weighted by Gasteiger charge is 1.93. The van der Waals surface area contributed by atoms with Crippen LogP contribution in [-0.4, -0.2) is 23.7 Å². The van der Waals surface area contributed by atoms with Gasteiger partial charge in [0.15, 0.2) is 0 Å². The van der Waals surface area contributed by atoms with Crippen LogP contribution in [-0.2, 0) is 14.3 Å². The third-order valence-corrected chi connectivity index (χ3v) is 1.06. The highest BCUT2D eigenvalue weighted by atomic mass is 16.5. The van der Waals surface area contributed by atoms with Gasteiger partial charge in [-0.05, 0) is 6.42 Å². The van der Waals surface area contributed by atoms with Crippen LogP contribution in [0.25, 0.3) is 0 Å². The number of ether oxygens (including phenoxy) is 1. The van der Waals surface area contributed by atoms with E-state index in [1.165, 1.54) is 6.07 Å². The summed E-state index contributed by atoms with van der Waals surface area (Å²) in [5.41, 5.74) is 0. The molecule has 0 aromatic rings. The van der Waals surface area contributed by atoms with Crippen LogP contribution in [0.4, 0.5) is 0 Å². The molecule has 0 amide bonds. The molecule has 0 aliphatic rings. The maximum Gasteiger partial charge on any atom is 0.329 e. The monoisotopic (exact) mass is 213 g/mol. The number of nitrogens with zero attached hydrogens (tertiary/aromatic N) is 1. The van der Waals surface area contributed by atoms with Crippen LogP contribution in [0.2, 0.25) is 0 Å². The Morgan fingerprint density at radius 1 is 1.47 bits per heavy atom. The van der Waals surface area contributed by atoms with E-state index in [0.29, 0.717) is 13.0 Å². The molecule has 0 rings (SSSR count). The first-order chi connectivity index (χ1) is 7.08. The topological polar surface area (TPSA) is 87.4 Å². The Kier molecular flexibility index (Phi) is 12.7. The normalized spacial score (nSPS) is 8.60. The van der Waals surface area contributed by atoms with Crippen LogP contribution >= 0.6 is 0 Å². The first-order valence-electron chi connectivity index (χ1n) is 4.53. The van der Waals surface area contributed by atoms with Crippen LogP contribution in [0.5, 0.6) is 0 Å². The molecule has 0 spiro atoms. The molecule has 0 radical (unpaired) electrons. The largest absolute Gasteiger partial charge is 0.478 e. The van der Waals surface area contributed by atoms with Gasteiger partial charge < -0.3 is 9.84 Å². The van der Waals surface area contributed by atoms with E-state index in [0.717, 1.165) is 18.6 Å². The van der Waals surface area contributed by atoms with Gasteiger partial charge in [-0.3, -0.25) is 4.79 Å². The molecule has 0 aliphatic carbocycles. The molecule has 0 aliphatic heterocycles. The van der Waals surface area contributed by atoms with E-state index < -0.39 is 5.97 Å². The van der Waals surface area contributed by atoms with E-state index >= 15 is 0 Å². The summed E-state index contributed by atoms with van der Waals surface area (Å²) in [5.74, 6) is -1.20. The molecule has 0 bridgehead atoms. The average Bonchev–Trinajstić information content (AvgIpc) is 2.23. The summed E-state index contributed by atoms with van der Waals surface area (Å²) in [4.78, 5) is 19.9. The molecule has 15 heavy (non-hydrogen) atoms. The first kappa shape index (κ1) is 15.6. The van der Waals surface area contributed by atoms with Crippen molar-refractivity contribution in [1.82, 2.24) is 0 Å². The minimum atomic E-state index is -1.10. The SMILES string of the molecule is CCCOC(=O)CC.N#CC=CC(=O)O. The summed E-state index contributed by atoms with van der Waals surface area (Å²) in [7, 11) is 0. The molecule has 0 unspecified atom stereocenters. The Hall–Kier alpha value is -1.83. The predicted octanol–water partition coefficient (Wildman–Crippen LogP) is 1.50. The maximum atomic E-state index is 10.3. The number of hydrogen-bond donors (Lipinski definition) is 1. The van der Waals surface area contributed by atoms with Crippen LogP contribution in [0.1, 0.15) is 26.7 Å². The number of carboxylic acids is 1. The van der Waals surface area contributed by atoms with Crippen molar-refractivity contribution < 1.29 is 19.4 Å². The van der Waals surface area contributed by atoms with E-state index in [9.17, 15) is 9.59 Å². The van der Waals surface area contributed by atoms with Crippen LogP contribution in [0.3, 0.4) is 0 Å². The van der Waals surface area contributed by atoms with Gasteiger partial charge in [0.1, 0.15) is 0 Å². The van der Waals surface area contributed by atoms with Crippen LogP contribution in [0, 0.1) is 11.3 Å². The Morgan fingerprint density at radius 2 is 2.07 bits per heavy atom. The lowest BCUT2D eigenvalue weighted by atomic mass is 10.5. The zero-order valence-electron chi connectivity index (χ0n) is 8.90. The van der Waals surface area contributed by atoms with Gasteiger partial charge in [-0.25, -0.2) is 4.79 Å². The zero-order chi connectivity index (χ0) is 12.1. The number of nitriles is 1. The molecule has 0 saturated heterocycles. The third kappa shape index (κ3) is 18.9. The number of hydrogen-bond acceptors (Lipinski definition) is 4. The van der Waals surface area contributed by atoms with Crippen LogP contribution in [0.15, 0.2) is 12.2 Å². The maximum absolute atomic E-state index is 10.3. The Morgan fingerprint density at radius 3 is 2.33 bits per heavy atom. The summed E-state index contributed by atoms with van der Waals surface area (Å²) in [6.45, 7) is 4.33. The molecule has 1 N–H and O–H groups in total. The Balaban J connectivity index is 0. The smallest absolute Gasteiger partial charge is 0.329 e. The molecule has 0 fully saturated rings. The van der Waals surface area contributed by atoms with E-state index in [1.54, 1.807) is 6.92 Å². The lowest BCUT2D eigenvalue weighted by Gasteiger charge is -1.97. The Labute approximate surface area is 89.0 Å². The second kappa shape index (κ2) is 12.2.